The Morgan fingerprint density at radius 1 is 0.340 bits per heavy atom. The van der Waals surface area contributed by atoms with E-state index >= 15 is 0 Å². The van der Waals surface area contributed by atoms with Gasteiger partial charge in [0.2, 0.25) is 0 Å². The summed E-state index contributed by atoms with van der Waals surface area (Å²) in [6.07, 6.45) is 5.11. The van der Waals surface area contributed by atoms with Gasteiger partial charge in [-0.05, 0) is 74.2 Å². The first-order valence-corrected chi connectivity index (χ1v) is 27.2. The summed E-state index contributed by atoms with van der Waals surface area (Å²) < 4.78 is 9.89. The molecule has 0 atom stereocenters. The average Bonchev–Trinajstić information content (AvgIpc) is 3.97. The van der Waals surface area contributed by atoms with Gasteiger partial charge in [0.15, 0.2) is 0 Å². The van der Waals surface area contributed by atoms with Gasteiger partial charge in [0.1, 0.15) is 0 Å². The number of rotatable bonds is 4. The van der Waals surface area contributed by atoms with Crippen LogP contribution in [0, 0.1) is 21.6 Å². The van der Waals surface area contributed by atoms with Crippen LogP contribution in [-0.2, 0) is 65.3 Å². The Kier molecular flexibility index (Phi) is 52.7. The Labute approximate surface area is 363 Å². The summed E-state index contributed by atoms with van der Waals surface area (Å²) in [5, 5.41) is 30.1. The van der Waals surface area contributed by atoms with Crippen molar-refractivity contribution in [2.45, 2.75) is 25.7 Å². The third-order valence-electron chi connectivity index (χ3n) is 7.06. The summed E-state index contributed by atoms with van der Waals surface area (Å²) in [7, 11) is -0.849. The van der Waals surface area contributed by atoms with Gasteiger partial charge in [0, 0.05) is 135 Å². The van der Waals surface area contributed by atoms with Crippen LogP contribution in [0.25, 0.3) is 0 Å². The van der Waals surface area contributed by atoms with E-state index in [9.17, 15) is 0 Å². The van der Waals surface area contributed by atoms with Gasteiger partial charge in [-0.25, -0.2) is 0 Å². The van der Waals surface area contributed by atoms with Crippen LogP contribution in [0.5, 0.6) is 0 Å². The molecule has 4 aromatic rings. The van der Waals surface area contributed by atoms with E-state index in [0.717, 1.165) is 26.4 Å². The van der Waals surface area contributed by atoms with Crippen LogP contribution in [0.4, 0.5) is 0 Å². The van der Waals surface area contributed by atoms with Crippen molar-refractivity contribution in [3.8, 4) is 0 Å². The maximum atomic E-state index is 6.00. The monoisotopic (exact) mass is 958 g/mol. The molecule has 6 nitrogen and oxygen atoms in total. The molecule has 2 aliphatic rings. The molecule has 0 aromatic heterocycles. The molecule has 0 amide bonds. The fourth-order valence-electron chi connectivity index (χ4n) is 4.11. The smallest absolute Gasteiger partial charge is 0.0908 e. The van der Waals surface area contributed by atoms with Crippen molar-refractivity contribution < 1.29 is 65.3 Å². The van der Waals surface area contributed by atoms with Gasteiger partial charge in [0.25, 0.3) is 0 Å². The summed E-state index contributed by atoms with van der Waals surface area (Å²) in [5.74, 6) is 0. The van der Waals surface area contributed by atoms with Gasteiger partial charge in [-0.3, -0.25) is 0 Å². The maximum Gasteiger partial charge on any atom is 0.0908 e. The van der Waals surface area contributed by atoms with E-state index in [1.807, 2.05) is 0 Å². The molecule has 0 radical (unpaired) electrons. The van der Waals surface area contributed by atoms with Crippen LogP contribution in [0.3, 0.4) is 0 Å². The van der Waals surface area contributed by atoms with Crippen molar-refractivity contribution in [3.63, 3.8) is 0 Å². The van der Waals surface area contributed by atoms with Crippen molar-refractivity contribution in [3.05, 3.63) is 121 Å². The van der Waals surface area contributed by atoms with Crippen molar-refractivity contribution in [1.29, 1.82) is 21.6 Å². The average molecular weight is 957 g/mol. The van der Waals surface area contributed by atoms with E-state index in [1.54, 1.807) is 0 Å². The van der Waals surface area contributed by atoms with Gasteiger partial charge in [-0.2, -0.15) is 0 Å². The summed E-state index contributed by atoms with van der Waals surface area (Å²) in [5.41, 5.74) is 0. The zero-order chi connectivity index (χ0) is 37.8. The van der Waals surface area contributed by atoms with Gasteiger partial charge < -0.3 is 9.47 Å². The fourth-order valence-corrected chi connectivity index (χ4v) is 7.54. The molecule has 0 unspecified atom stereocenters. The van der Waals surface area contributed by atoms with Crippen molar-refractivity contribution in [2.24, 2.45) is 0 Å². The summed E-state index contributed by atoms with van der Waals surface area (Å²) in [6.45, 7) is 22.4. The molecule has 53 heavy (non-hydrogen) atoms. The van der Waals surface area contributed by atoms with Crippen LogP contribution in [0.1, 0.15) is 25.7 Å². The molecule has 0 bridgehead atoms. The molecule has 0 saturated carbocycles. The first-order chi connectivity index (χ1) is 24.2. The Morgan fingerprint density at radius 2 is 0.491 bits per heavy atom. The zero-order valence-electron chi connectivity index (χ0n) is 33.0. The standard InChI is InChI=1S/4C8H11P.2C4H8O.2Cr.Mo.2N2/c4*1-9(2)8-6-4-3-5-7-8;2*1-2-4-5-3-1;;;;2*1-2/h4*3-7H,1-2H3;2*1-4H2;;;;;/p+4. The topological polar surface area (TPSA) is 114 Å². The van der Waals surface area contributed by atoms with E-state index in [-0.39, 0.29) is 87.5 Å². The number of nitrogens with zero attached hydrogens (tertiary/aromatic N) is 4. The Balaban J connectivity index is -0.000000171. The number of hydrogen-bond donors (Lipinski definition) is 0. The Morgan fingerprint density at radius 3 is 0.566 bits per heavy atom. The Hall–Kier alpha value is -0.887. The molecular formula is C40H64Cr2MoN4O2P4+4. The largest absolute Gasteiger partial charge is 0.381 e. The van der Waals surface area contributed by atoms with Crippen LogP contribution >= 0.6 is 31.7 Å². The minimum atomic E-state index is -0.212. The molecule has 4 aromatic carbocycles. The third-order valence-corrected chi connectivity index (χ3v) is 13.0. The van der Waals surface area contributed by atoms with Gasteiger partial charge in [0.05, 0.1) is 74.5 Å². The van der Waals surface area contributed by atoms with E-state index < -0.39 is 0 Å². The first kappa shape index (κ1) is 61.3. The summed E-state index contributed by atoms with van der Waals surface area (Å²) in [4.78, 5) is 0. The Bertz CT molecular complexity index is 1100. The summed E-state index contributed by atoms with van der Waals surface area (Å²) in [6, 6.07) is 42.7. The number of benzene rings is 4. The predicted molar refractivity (Wildman–Crippen MR) is 232 cm³/mol. The second-order valence-electron chi connectivity index (χ2n) is 12.1. The molecule has 290 valence electrons. The van der Waals surface area contributed by atoms with Crippen LogP contribution < -0.4 is 21.2 Å². The van der Waals surface area contributed by atoms with Crippen LogP contribution in [-0.4, -0.2) is 79.7 Å². The molecular weight excluding hydrogens is 892 g/mol. The van der Waals surface area contributed by atoms with E-state index in [4.69, 9.17) is 31.0 Å². The number of hydrogen-bond acceptors (Lipinski definition) is 6. The molecule has 2 aliphatic heterocycles. The predicted octanol–water partition coefficient (Wildman–Crippen LogP) is 8.79. The zero-order valence-corrected chi connectivity index (χ0v) is 41.6. The van der Waals surface area contributed by atoms with Gasteiger partial charge >= 0.3 is 0 Å². The maximum absolute atomic E-state index is 6.00. The minimum absolute atomic E-state index is 0. The molecule has 2 saturated heterocycles. The molecule has 0 N–H and O–H groups in total. The fraction of sp³-hybridized carbons (Fsp3) is 0.400. The quantitative estimate of drug-likeness (QED) is 0.115. The van der Waals surface area contributed by atoms with Crippen LogP contribution in [0.2, 0.25) is 0 Å². The second-order valence-corrected chi connectivity index (χ2v) is 22.4. The molecule has 0 aliphatic carbocycles. The van der Waals surface area contributed by atoms with Crippen LogP contribution in [0.15, 0.2) is 121 Å². The first-order valence-electron chi connectivity index (χ1n) is 17.2. The van der Waals surface area contributed by atoms with Gasteiger partial charge in [-0.15, -0.1) is 0 Å². The van der Waals surface area contributed by atoms with Crippen molar-refractivity contribution >= 4 is 52.9 Å². The molecule has 0 spiro atoms. The summed E-state index contributed by atoms with van der Waals surface area (Å²) >= 11 is 0. The van der Waals surface area contributed by atoms with Crippen molar-refractivity contribution in [2.75, 3.05) is 79.7 Å². The van der Waals surface area contributed by atoms with E-state index in [1.165, 1.54) is 46.9 Å². The number of ether oxygens (including phenoxy) is 2. The van der Waals surface area contributed by atoms with Crippen molar-refractivity contribution in [1.82, 2.24) is 0 Å². The van der Waals surface area contributed by atoms with E-state index in [0.29, 0.717) is 0 Å². The molecule has 2 fully saturated rings. The molecule has 2 heterocycles. The third kappa shape index (κ3) is 37.8. The minimum Gasteiger partial charge on any atom is -0.381 e. The van der Waals surface area contributed by atoms with Gasteiger partial charge in [-0.1, -0.05) is 72.8 Å². The SMILES string of the molecule is C1CCOC1.C1CCOC1.C[PH+](C)c1ccccc1.C[PH+](C)c1ccccc1.C[PH+](C)c1ccccc1.C[PH+](C)c1ccccc1.N#N.N#N.[Cr].[Cr].[Mo]. The second kappa shape index (κ2) is 45.5. The molecule has 13 heteroatoms. The van der Waals surface area contributed by atoms with E-state index in [2.05, 4.69) is 175 Å². The molecule has 6 rings (SSSR count). The normalized spacial score (nSPS) is 11.5.